The summed E-state index contributed by atoms with van der Waals surface area (Å²) in [5.41, 5.74) is 1.43. The molecule has 1 N–H and O–H groups in total. The zero-order chi connectivity index (χ0) is 20.5. The summed E-state index contributed by atoms with van der Waals surface area (Å²) in [4.78, 5) is 23.7. The predicted molar refractivity (Wildman–Crippen MR) is 110 cm³/mol. The lowest BCUT2D eigenvalue weighted by Crippen LogP contribution is -2.10. The first-order chi connectivity index (χ1) is 14.1. The van der Waals surface area contributed by atoms with E-state index in [2.05, 4.69) is 5.32 Å². The second kappa shape index (κ2) is 9.94. The van der Waals surface area contributed by atoms with Crippen molar-refractivity contribution in [1.29, 1.82) is 0 Å². The molecule has 0 aliphatic carbocycles. The van der Waals surface area contributed by atoms with Crippen molar-refractivity contribution in [2.24, 2.45) is 0 Å². The van der Waals surface area contributed by atoms with Gasteiger partial charge in [0.2, 0.25) is 0 Å². The minimum Gasteiger partial charge on any atom is -0.486 e. The van der Waals surface area contributed by atoms with Crippen LogP contribution in [0, 0.1) is 0 Å². The third-order valence-corrected chi connectivity index (χ3v) is 3.88. The highest BCUT2D eigenvalue weighted by atomic mass is 16.5. The molecule has 0 bridgehead atoms. The smallest absolute Gasteiger partial charge is 0.330 e. The first kappa shape index (κ1) is 19.9. The topological polar surface area (TPSA) is 77.8 Å². The van der Waals surface area contributed by atoms with Gasteiger partial charge in [-0.1, -0.05) is 30.3 Å². The maximum absolute atomic E-state index is 12.4. The third kappa shape index (κ3) is 6.10. The SMILES string of the molecule is CCOC(=O)/C=C/c1ccc(NC(=O)c2ccc(COc3ccccc3)o2)cc1. The molecule has 0 aliphatic heterocycles. The van der Waals surface area contributed by atoms with E-state index in [0.29, 0.717) is 18.1 Å². The molecule has 1 amide bonds. The van der Waals surface area contributed by atoms with Crippen molar-refractivity contribution in [3.05, 3.63) is 89.9 Å². The molecule has 0 atom stereocenters. The fourth-order valence-corrected chi connectivity index (χ4v) is 2.47. The molecule has 0 fully saturated rings. The first-order valence-electron chi connectivity index (χ1n) is 9.17. The number of para-hydroxylation sites is 1. The van der Waals surface area contributed by atoms with Gasteiger partial charge in [0, 0.05) is 11.8 Å². The molecule has 0 saturated carbocycles. The summed E-state index contributed by atoms with van der Waals surface area (Å²) in [6.45, 7) is 2.32. The van der Waals surface area contributed by atoms with Crippen LogP contribution < -0.4 is 10.1 Å². The molecular weight excluding hydrogens is 370 g/mol. The monoisotopic (exact) mass is 391 g/mol. The molecule has 0 unspecified atom stereocenters. The van der Waals surface area contributed by atoms with E-state index in [-0.39, 0.29) is 18.3 Å². The van der Waals surface area contributed by atoms with Crippen molar-refractivity contribution in [3.63, 3.8) is 0 Å². The van der Waals surface area contributed by atoms with Gasteiger partial charge in [0.15, 0.2) is 5.76 Å². The van der Waals surface area contributed by atoms with E-state index in [1.807, 2.05) is 30.3 Å². The van der Waals surface area contributed by atoms with Crippen LogP contribution in [-0.4, -0.2) is 18.5 Å². The zero-order valence-corrected chi connectivity index (χ0v) is 16.0. The summed E-state index contributed by atoms with van der Waals surface area (Å²) in [5, 5.41) is 2.77. The Balaban J connectivity index is 1.53. The molecule has 0 saturated heterocycles. The van der Waals surface area contributed by atoms with E-state index >= 15 is 0 Å². The van der Waals surface area contributed by atoms with E-state index in [9.17, 15) is 9.59 Å². The quantitative estimate of drug-likeness (QED) is 0.445. The van der Waals surface area contributed by atoms with Crippen molar-refractivity contribution in [2.45, 2.75) is 13.5 Å². The standard InChI is InChI=1S/C23H21NO5/c1-2-27-22(25)15-10-17-8-11-18(12-9-17)24-23(26)21-14-13-20(29-21)16-28-19-6-4-3-5-7-19/h3-15H,2,16H2,1H3,(H,24,26)/b15-10+. The van der Waals surface area contributed by atoms with Crippen molar-refractivity contribution < 1.29 is 23.5 Å². The number of anilines is 1. The van der Waals surface area contributed by atoms with Gasteiger partial charge in [-0.15, -0.1) is 0 Å². The molecule has 0 spiro atoms. The summed E-state index contributed by atoms with van der Waals surface area (Å²) in [5.74, 6) is 0.730. The van der Waals surface area contributed by atoms with Gasteiger partial charge in [-0.2, -0.15) is 0 Å². The van der Waals surface area contributed by atoms with Crippen LogP contribution in [0.1, 0.15) is 28.8 Å². The maximum atomic E-state index is 12.4. The van der Waals surface area contributed by atoms with Crippen LogP contribution in [-0.2, 0) is 16.1 Å². The first-order valence-corrected chi connectivity index (χ1v) is 9.17. The van der Waals surface area contributed by atoms with Crippen molar-refractivity contribution >= 4 is 23.6 Å². The molecular formula is C23H21NO5. The highest BCUT2D eigenvalue weighted by molar-refractivity contribution is 6.02. The molecule has 6 nitrogen and oxygen atoms in total. The van der Waals surface area contributed by atoms with Crippen LogP contribution in [0.3, 0.4) is 0 Å². The van der Waals surface area contributed by atoms with Crippen molar-refractivity contribution in [2.75, 3.05) is 11.9 Å². The minimum atomic E-state index is -0.394. The summed E-state index contributed by atoms with van der Waals surface area (Å²) >= 11 is 0. The normalized spacial score (nSPS) is 10.7. The number of rotatable bonds is 8. The Morgan fingerprint density at radius 3 is 2.48 bits per heavy atom. The van der Waals surface area contributed by atoms with Gasteiger partial charge in [-0.25, -0.2) is 4.79 Å². The number of carbonyl (C=O) groups is 2. The van der Waals surface area contributed by atoms with Crippen LogP contribution >= 0.6 is 0 Å². The average molecular weight is 391 g/mol. The van der Waals surface area contributed by atoms with Gasteiger partial charge >= 0.3 is 5.97 Å². The second-order valence-corrected chi connectivity index (χ2v) is 6.03. The fraction of sp³-hybridized carbons (Fsp3) is 0.130. The predicted octanol–water partition coefficient (Wildman–Crippen LogP) is 4.69. The Hall–Kier alpha value is -3.80. The number of ether oxygens (including phenoxy) is 2. The highest BCUT2D eigenvalue weighted by Gasteiger charge is 2.12. The van der Waals surface area contributed by atoms with Crippen LogP contribution in [0.15, 0.2) is 77.2 Å². The average Bonchev–Trinajstić information content (AvgIpc) is 3.22. The molecule has 1 heterocycles. The van der Waals surface area contributed by atoms with Gasteiger partial charge in [0.1, 0.15) is 18.1 Å². The Morgan fingerprint density at radius 1 is 1.00 bits per heavy atom. The number of carbonyl (C=O) groups excluding carboxylic acids is 2. The maximum Gasteiger partial charge on any atom is 0.330 e. The molecule has 0 radical (unpaired) electrons. The Labute approximate surface area is 168 Å². The fourth-order valence-electron chi connectivity index (χ4n) is 2.47. The van der Waals surface area contributed by atoms with Crippen LogP contribution in [0.4, 0.5) is 5.69 Å². The number of hydrogen-bond donors (Lipinski definition) is 1. The van der Waals surface area contributed by atoms with E-state index in [4.69, 9.17) is 13.9 Å². The highest BCUT2D eigenvalue weighted by Crippen LogP contribution is 2.16. The number of amides is 1. The van der Waals surface area contributed by atoms with E-state index < -0.39 is 5.97 Å². The molecule has 0 aliphatic rings. The van der Waals surface area contributed by atoms with Gasteiger partial charge in [0.05, 0.1) is 6.61 Å². The van der Waals surface area contributed by atoms with Crippen LogP contribution in [0.5, 0.6) is 5.75 Å². The van der Waals surface area contributed by atoms with Crippen LogP contribution in [0.2, 0.25) is 0 Å². The lowest BCUT2D eigenvalue weighted by atomic mass is 10.2. The summed E-state index contributed by atoms with van der Waals surface area (Å²) in [6, 6.07) is 19.7. The molecule has 2 aromatic carbocycles. The lowest BCUT2D eigenvalue weighted by molar-refractivity contribution is -0.137. The van der Waals surface area contributed by atoms with E-state index in [0.717, 1.165) is 11.3 Å². The molecule has 148 valence electrons. The van der Waals surface area contributed by atoms with Gasteiger partial charge in [-0.3, -0.25) is 4.79 Å². The molecule has 29 heavy (non-hydrogen) atoms. The molecule has 3 aromatic rings. The number of nitrogens with one attached hydrogen (secondary N) is 1. The largest absolute Gasteiger partial charge is 0.486 e. The van der Waals surface area contributed by atoms with Crippen molar-refractivity contribution in [3.8, 4) is 5.75 Å². The number of esters is 1. The lowest BCUT2D eigenvalue weighted by Gasteiger charge is -2.04. The van der Waals surface area contributed by atoms with E-state index in [1.165, 1.54) is 6.08 Å². The molecule has 6 heteroatoms. The number of hydrogen-bond acceptors (Lipinski definition) is 5. The molecule has 1 aromatic heterocycles. The summed E-state index contributed by atoms with van der Waals surface area (Å²) < 4.78 is 16.0. The Kier molecular flexibility index (Phi) is 6.84. The summed E-state index contributed by atoms with van der Waals surface area (Å²) in [7, 11) is 0. The zero-order valence-electron chi connectivity index (χ0n) is 16.0. The van der Waals surface area contributed by atoms with E-state index in [1.54, 1.807) is 49.4 Å². The number of furan rings is 1. The third-order valence-electron chi connectivity index (χ3n) is 3.88. The summed E-state index contributed by atoms with van der Waals surface area (Å²) in [6.07, 6.45) is 3.01. The molecule has 3 rings (SSSR count). The minimum absolute atomic E-state index is 0.197. The van der Waals surface area contributed by atoms with Crippen LogP contribution in [0.25, 0.3) is 6.08 Å². The number of benzene rings is 2. The second-order valence-electron chi connectivity index (χ2n) is 6.03. The van der Waals surface area contributed by atoms with Gasteiger partial charge in [-0.05, 0) is 55.0 Å². The van der Waals surface area contributed by atoms with Crippen molar-refractivity contribution in [1.82, 2.24) is 0 Å². The Bertz CT molecular complexity index is 974. The Morgan fingerprint density at radius 2 is 1.76 bits per heavy atom. The van der Waals surface area contributed by atoms with Gasteiger partial charge < -0.3 is 19.2 Å². The van der Waals surface area contributed by atoms with Gasteiger partial charge in [0.25, 0.3) is 5.91 Å².